The van der Waals surface area contributed by atoms with Gasteiger partial charge >= 0.3 is 0 Å². The summed E-state index contributed by atoms with van der Waals surface area (Å²) in [5, 5.41) is 3.99. The summed E-state index contributed by atoms with van der Waals surface area (Å²) < 4.78 is 61.2. The van der Waals surface area contributed by atoms with Gasteiger partial charge in [0.1, 0.15) is 11.8 Å². The summed E-state index contributed by atoms with van der Waals surface area (Å²) in [4.78, 5) is 13.4. The van der Waals surface area contributed by atoms with Gasteiger partial charge in [0.2, 0.25) is 20.0 Å². The lowest BCUT2D eigenvalue weighted by molar-refractivity contribution is -0.125. The van der Waals surface area contributed by atoms with Gasteiger partial charge in [-0.15, -0.1) is 0 Å². The molecule has 1 aliphatic rings. The zero-order valence-corrected chi connectivity index (χ0v) is 23.2. The molecule has 0 radical (unpaired) electrons. The highest BCUT2D eigenvalue weighted by atomic mass is 32.2. The number of nitrogens with one attached hydrogen (secondary N) is 1. The molecule has 1 atom stereocenters. The number of benzene rings is 3. The molecule has 206 valence electrons. The van der Waals surface area contributed by atoms with Crippen molar-refractivity contribution in [1.29, 1.82) is 0 Å². The van der Waals surface area contributed by atoms with Crippen LogP contribution in [0, 0.1) is 0 Å². The average molecular weight is 571 g/mol. The van der Waals surface area contributed by atoms with Crippen molar-refractivity contribution >= 4 is 32.2 Å². The summed E-state index contributed by atoms with van der Waals surface area (Å²) in [6.45, 7) is 3.16. The van der Waals surface area contributed by atoms with Crippen LogP contribution in [0.1, 0.15) is 19.4 Å². The molecular weight excluding hydrogens is 540 g/mol. The Bertz CT molecular complexity index is 1510. The highest BCUT2D eigenvalue weighted by Crippen LogP contribution is 2.25. The van der Waals surface area contributed by atoms with E-state index in [0.717, 1.165) is 8.61 Å². The summed E-state index contributed by atoms with van der Waals surface area (Å²) in [6, 6.07) is 21.2. The number of hydrazone groups is 1. The van der Waals surface area contributed by atoms with Crippen molar-refractivity contribution < 1.29 is 26.4 Å². The number of hydrogen-bond acceptors (Lipinski definition) is 7. The molecule has 0 unspecified atom stereocenters. The number of carbonyl (C=O) groups excluding carboxylic acids is 1. The first-order chi connectivity index (χ1) is 18.6. The molecule has 1 amide bonds. The summed E-state index contributed by atoms with van der Waals surface area (Å²) in [5.74, 6) is -0.0617. The molecule has 12 heteroatoms. The van der Waals surface area contributed by atoms with Crippen LogP contribution in [0.15, 0.2) is 99.8 Å². The smallest absolute Gasteiger partial charge is 0.259 e. The van der Waals surface area contributed by atoms with Gasteiger partial charge in [0.15, 0.2) is 0 Å². The van der Waals surface area contributed by atoms with Gasteiger partial charge < -0.3 is 4.74 Å². The standard InChI is InChI=1S/C27H30N4O6S2/c1-21(2)37-23-15-13-22(14-16-23)19-28-29-27(32)26-20-30(38(33,34)24-9-5-3-6-10-24)17-18-31(26)39(35,36)25-11-7-4-8-12-25/h3-16,19,21,26H,17-18,20H2,1-2H3,(H,29,32)/b28-19-/t26-/m0/s1. The lowest BCUT2D eigenvalue weighted by atomic mass is 10.2. The van der Waals surface area contributed by atoms with Crippen LogP contribution >= 0.6 is 0 Å². The number of nitrogens with zero attached hydrogens (tertiary/aromatic N) is 3. The molecule has 1 fully saturated rings. The minimum absolute atomic E-state index is 0.00868. The minimum Gasteiger partial charge on any atom is -0.491 e. The Labute approximate surface area is 229 Å². The van der Waals surface area contributed by atoms with Crippen molar-refractivity contribution in [2.45, 2.75) is 35.8 Å². The molecule has 0 saturated carbocycles. The van der Waals surface area contributed by atoms with E-state index in [0.29, 0.717) is 11.3 Å². The first-order valence-electron chi connectivity index (χ1n) is 12.3. The normalized spacial score (nSPS) is 17.4. The second-order valence-corrected chi connectivity index (χ2v) is 12.9. The third kappa shape index (κ3) is 6.71. The van der Waals surface area contributed by atoms with Crippen molar-refractivity contribution in [3.63, 3.8) is 0 Å². The maximum absolute atomic E-state index is 13.5. The number of ether oxygens (including phenoxy) is 1. The largest absolute Gasteiger partial charge is 0.491 e. The maximum Gasteiger partial charge on any atom is 0.259 e. The number of piperazine rings is 1. The fraction of sp³-hybridized carbons (Fsp3) is 0.259. The molecule has 39 heavy (non-hydrogen) atoms. The number of sulfonamides is 2. The van der Waals surface area contributed by atoms with E-state index in [-0.39, 0.29) is 35.5 Å². The van der Waals surface area contributed by atoms with Gasteiger partial charge in [-0.1, -0.05) is 36.4 Å². The Hall–Kier alpha value is -3.58. The quantitative estimate of drug-likeness (QED) is 0.312. The van der Waals surface area contributed by atoms with E-state index in [9.17, 15) is 21.6 Å². The first-order valence-corrected chi connectivity index (χ1v) is 15.2. The summed E-state index contributed by atoms with van der Waals surface area (Å²) in [6.07, 6.45) is 1.44. The zero-order valence-electron chi connectivity index (χ0n) is 21.5. The van der Waals surface area contributed by atoms with Crippen LogP contribution in [-0.2, 0) is 24.8 Å². The van der Waals surface area contributed by atoms with Crippen LogP contribution in [0.2, 0.25) is 0 Å². The molecule has 0 aromatic heterocycles. The fourth-order valence-corrected chi connectivity index (χ4v) is 7.13. The van der Waals surface area contributed by atoms with Gasteiger partial charge in [-0.2, -0.15) is 13.7 Å². The van der Waals surface area contributed by atoms with Crippen molar-refractivity contribution in [2.75, 3.05) is 19.6 Å². The minimum atomic E-state index is -4.10. The molecule has 4 rings (SSSR count). The molecule has 3 aromatic carbocycles. The Morgan fingerprint density at radius 2 is 1.44 bits per heavy atom. The van der Waals surface area contributed by atoms with Crippen LogP contribution < -0.4 is 10.2 Å². The van der Waals surface area contributed by atoms with Crippen LogP contribution in [-0.4, -0.2) is 69.3 Å². The maximum atomic E-state index is 13.5. The van der Waals surface area contributed by atoms with E-state index in [1.54, 1.807) is 60.7 Å². The van der Waals surface area contributed by atoms with Crippen molar-refractivity contribution in [3.05, 3.63) is 90.5 Å². The summed E-state index contributed by atoms with van der Waals surface area (Å²) >= 11 is 0. The average Bonchev–Trinajstić information content (AvgIpc) is 2.94. The van der Waals surface area contributed by atoms with Gasteiger partial charge in [0, 0.05) is 19.6 Å². The molecule has 1 N–H and O–H groups in total. The second-order valence-electron chi connectivity index (χ2n) is 9.09. The van der Waals surface area contributed by atoms with E-state index < -0.39 is 32.0 Å². The van der Waals surface area contributed by atoms with E-state index in [2.05, 4.69) is 10.5 Å². The molecule has 10 nitrogen and oxygen atoms in total. The van der Waals surface area contributed by atoms with Crippen molar-refractivity contribution in [2.24, 2.45) is 5.10 Å². The molecule has 0 spiro atoms. The molecule has 0 bridgehead atoms. The lowest BCUT2D eigenvalue weighted by Gasteiger charge is -2.38. The predicted molar refractivity (Wildman–Crippen MR) is 147 cm³/mol. The van der Waals surface area contributed by atoms with Gasteiger partial charge in [-0.3, -0.25) is 4.79 Å². The van der Waals surface area contributed by atoms with Crippen LogP contribution in [0.5, 0.6) is 5.75 Å². The molecule has 3 aromatic rings. The Kier molecular flexibility index (Phi) is 8.80. The molecule has 0 aliphatic carbocycles. The van der Waals surface area contributed by atoms with Gasteiger partial charge in [0.25, 0.3) is 5.91 Å². The van der Waals surface area contributed by atoms with Crippen LogP contribution in [0.25, 0.3) is 0 Å². The van der Waals surface area contributed by atoms with Crippen LogP contribution in [0.3, 0.4) is 0 Å². The van der Waals surface area contributed by atoms with E-state index in [1.165, 1.54) is 30.5 Å². The third-order valence-corrected chi connectivity index (χ3v) is 9.77. The lowest BCUT2D eigenvalue weighted by Crippen LogP contribution is -2.60. The number of rotatable bonds is 9. The zero-order chi connectivity index (χ0) is 28.0. The Morgan fingerprint density at radius 1 is 0.872 bits per heavy atom. The number of carbonyl (C=O) groups is 1. The third-order valence-electron chi connectivity index (χ3n) is 5.97. The van der Waals surface area contributed by atoms with Crippen molar-refractivity contribution in [1.82, 2.24) is 14.0 Å². The first kappa shape index (κ1) is 28.4. The van der Waals surface area contributed by atoms with Gasteiger partial charge in [0.05, 0.1) is 22.1 Å². The number of amides is 1. The number of hydrogen-bond donors (Lipinski definition) is 1. The second kappa shape index (κ2) is 12.1. The molecule has 1 heterocycles. The molecule has 1 aliphatic heterocycles. The Balaban J connectivity index is 1.57. The fourth-order valence-electron chi connectivity index (χ4n) is 4.08. The molecular formula is C27H30N4O6S2. The SMILES string of the molecule is CC(C)Oc1ccc(/C=N\NC(=O)[C@@H]2CN(S(=O)(=O)c3ccccc3)CCN2S(=O)(=O)c2ccccc2)cc1. The molecule has 1 saturated heterocycles. The van der Waals surface area contributed by atoms with Crippen molar-refractivity contribution in [3.8, 4) is 5.75 Å². The van der Waals surface area contributed by atoms with Gasteiger partial charge in [-0.05, 0) is 67.9 Å². The van der Waals surface area contributed by atoms with Crippen LogP contribution in [0.4, 0.5) is 0 Å². The highest BCUT2D eigenvalue weighted by Gasteiger charge is 2.43. The van der Waals surface area contributed by atoms with E-state index in [4.69, 9.17) is 4.74 Å². The van der Waals surface area contributed by atoms with Gasteiger partial charge in [-0.25, -0.2) is 22.3 Å². The summed E-state index contributed by atoms with van der Waals surface area (Å²) in [5.41, 5.74) is 3.06. The van der Waals surface area contributed by atoms with E-state index >= 15 is 0 Å². The topological polar surface area (TPSA) is 125 Å². The predicted octanol–water partition coefficient (Wildman–Crippen LogP) is 2.69. The summed E-state index contributed by atoms with van der Waals surface area (Å²) in [7, 11) is -8.05. The highest BCUT2D eigenvalue weighted by molar-refractivity contribution is 7.89. The Morgan fingerprint density at radius 3 is 2.00 bits per heavy atom. The monoisotopic (exact) mass is 570 g/mol. The van der Waals surface area contributed by atoms with E-state index in [1.807, 2.05) is 13.8 Å².